The van der Waals surface area contributed by atoms with Gasteiger partial charge < -0.3 is 94.4 Å². The second-order valence-corrected chi connectivity index (χ2v) is 21.5. The predicted molar refractivity (Wildman–Crippen MR) is 219 cm³/mol. The van der Waals surface area contributed by atoms with Crippen molar-refractivity contribution in [2.45, 2.75) is 202 Å². The molecule has 4 heterocycles. The van der Waals surface area contributed by atoms with Crippen molar-refractivity contribution in [1.82, 2.24) is 0 Å². The fraction of sp³-hybridized carbons (Fsp3) is 1.00. The average Bonchev–Trinajstić information content (AvgIpc) is 3.71. The molecule has 4 saturated heterocycles. The van der Waals surface area contributed by atoms with Crippen LogP contribution in [0.15, 0.2) is 0 Å². The Morgan fingerprint density at radius 3 is 1.84 bits per heavy atom. The zero-order valence-corrected chi connectivity index (χ0v) is 37.5. The molecule has 0 aromatic heterocycles. The zero-order chi connectivity index (χ0) is 46.2. The molecule has 19 heteroatoms. The largest absolute Gasteiger partial charge is 0.394 e. The summed E-state index contributed by atoms with van der Waals surface area (Å²) in [6, 6.07) is 0. The first-order valence-electron chi connectivity index (χ1n) is 23.9. The van der Waals surface area contributed by atoms with Gasteiger partial charge in [0.25, 0.3) is 0 Å². The van der Waals surface area contributed by atoms with Crippen molar-refractivity contribution in [2.75, 3.05) is 26.4 Å². The number of ether oxygens (including phenoxy) is 7. The highest BCUT2D eigenvalue weighted by Crippen LogP contribution is 2.71. The third-order valence-corrected chi connectivity index (χ3v) is 18.0. The van der Waals surface area contributed by atoms with Crippen LogP contribution in [0.5, 0.6) is 0 Å². The molecule has 370 valence electrons. The van der Waals surface area contributed by atoms with E-state index in [2.05, 4.69) is 20.8 Å². The minimum absolute atomic E-state index is 0.00000712. The maximum Gasteiger partial charge on any atom is 0.187 e. The Kier molecular flexibility index (Phi) is 14.9. The standard InChI is InChI=1S/C45H76O19/c1-19(18-58-40-37(55)34(52)31(49)27(15-46)60-40)7-12-45(57)20(2)30-26(64-45)14-25-23-6-5-21-13-22(8-10-43(21,3)24(23)9-11-44(25,30)4)59-42-39(36(54)33(51)29(17-48)62-42)63-41-38(56)35(53)32(50)28(16-47)61-41/h19-42,46-57H,5-18H2,1-4H3/t19-,20-,21+,22-,23+,24-,25-,26-,27+,28+,29+,30-,31+,32+,33-,34-,35-,36-,37+,38+,39+,40-,41-,42+,43-,44-,45-/m0/s1. The van der Waals surface area contributed by atoms with E-state index in [0.29, 0.717) is 42.9 Å². The third-order valence-electron chi connectivity index (χ3n) is 18.0. The normalized spacial score (nSPS) is 55.6. The summed E-state index contributed by atoms with van der Waals surface area (Å²) in [7, 11) is 0. The Morgan fingerprint density at radius 2 is 1.20 bits per heavy atom. The smallest absolute Gasteiger partial charge is 0.187 e. The van der Waals surface area contributed by atoms with Crippen molar-refractivity contribution >= 4 is 0 Å². The average molecular weight is 921 g/mol. The van der Waals surface area contributed by atoms with Crippen LogP contribution in [0, 0.1) is 52.3 Å². The molecule has 0 aromatic rings. The third kappa shape index (κ3) is 8.65. The second kappa shape index (κ2) is 19.2. The quantitative estimate of drug-likeness (QED) is 0.0909. The highest BCUT2D eigenvalue weighted by atomic mass is 16.8. The number of hydrogen-bond donors (Lipinski definition) is 12. The van der Waals surface area contributed by atoms with E-state index < -0.39 is 118 Å². The monoisotopic (exact) mass is 920 g/mol. The zero-order valence-electron chi connectivity index (χ0n) is 37.5. The van der Waals surface area contributed by atoms with Gasteiger partial charge in [-0.2, -0.15) is 0 Å². The van der Waals surface area contributed by atoms with E-state index in [9.17, 15) is 61.3 Å². The van der Waals surface area contributed by atoms with Crippen molar-refractivity contribution in [1.29, 1.82) is 0 Å². The van der Waals surface area contributed by atoms with Crippen molar-refractivity contribution in [3.8, 4) is 0 Å². The predicted octanol–water partition coefficient (Wildman–Crippen LogP) is -1.78. The van der Waals surface area contributed by atoms with Crippen LogP contribution in [-0.4, -0.2) is 198 Å². The van der Waals surface area contributed by atoms with E-state index in [-0.39, 0.29) is 47.4 Å². The number of rotatable bonds is 13. The summed E-state index contributed by atoms with van der Waals surface area (Å²) < 4.78 is 42.0. The molecule has 0 aromatic carbocycles. The van der Waals surface area contributed by atoms with Gasteiger partial charge >= 0.3 is 0 Å². The molecule has 12 N–H and O–H groups in total. The van der Waals surface area contributed by atoms with E-state index in [0.717, 1.165) is 44.9 Å². The van der Waals surface area contributed by atoms with Crippen molar-refractivity contribution < 1.29 is 94.4 Å². The number of aliphatic hydroxyl groups excluding tert-OH is 11. The molecule has 0 radical (unpaired) electrons. The van der Waals surface area contributed by atoms with Crippen LogP contribution in [0.4, 0.5) is 0 Å². The fourth-order valence-corrected chi connectivity index (χ4v) is 14.2. The Bertz CT molecular complexity index is 1560. The van der Waals surface area contributed by atoms with Crippen LogP contribution < -0.4 is 0 Å². The van der Waals surface area contributed by atoms with Gasteiger partial charge in [0, 0.05) is 12.3 Å². The first kappa shape index (κ1) is 49.7. The first-order chi connectivity index (χ1) is 30.3. The van der Waals surface area contributed by atoms with Gasteiger partial charge in [0.05, 0.1) is 38.6 Å². The van der Waals surface area contributed by atoms with Gasteiger partial charge in [-0.05, 0) is 104 Å². The number of hydrogen-bond acceptors (Lipinski definition) is 19. The minimum atomic E-state index is -1.75. The molecule has 4 saturated carbocycles. The van der Waals surface area contributed by atoms with E-state index in [4.69, 9.17) is 33.2 Å². The van der Waals surface area contributed by atoms with Gasteiger partial charge in [-0.25, -0.2) is 0 Å². The van der Waals surface area contributed by atoms with Gasteiger partial charge in [0.15, 0.2) is 24.7 Å². The highest BCUT2D eigenvalue weighted by molar-refractivity contribution is 5.15. The van der Waals surface area contributed by atoms with E-state index in [1.807, 2.05) is 6.92 Å². The van der Waals surface area contributed by atoms with Crippen molar-refractivity contribution in [2.24, 2.45) is 52.3 Å². The van der Waals surface area contributed by atoms with Crippen LogP contribution >= 0.6 is 0 Å². The number of aliphatic hydroxyl groups is 12. The Morgan fingerprint density at radius 1 is 0.625 bits per heavy atom. The molecule has 8 fully saturated rings. The highest BCUT2D eigenvalue weighted by Gasteiger charge is 2.68. The molecule has 4 aliphatic heterocycles. The van der Waals surface area contributed by atoms with Gasteiger partial charge in [0.1, 0.15) is 73.2 Å². The topological polar surface area (TPSA) is 307 Å². The van der Waals surface area contributed by atoms with Gasteiger partial charge in [-0.1, -0.05) is 27.7 Å². The second-order valence-electron chi connectivity index (χ2n) is 21.5. The summed E-state index contributed by atoms with van der Waals surface area (Å²) in [4.78, 5) is 0. The Hall–Kier alpha value is -0.760. The lowest BCUT2D eigenvalue weighted by molar-refractivity contribution is -0.373. The molecule has 4 aliphatic carbocycles. The molecule has 8 rings (SSSR count). The summed E-state index contributed by atoms with van der Waals surface area (Å²) >= 11 is 0. The van der Waals surface area contributed by atoms with Crippen molar-refractivity contribution in [3.63, 3.8) is 0 Å². The van der Waals surface area contributed by atoms with Crippen LogP contribution in [0.2, 0.25) is 0 Å². The Balaban J connectivity index is 0.869. The molecule has 0 unspecified atom stereocenters. The molecule has 19 nitrogen and oxygen atoms in total. The molecule has 8 aliphatic rings. The van der Waals surface area contributed by atoms with E-state index in [1.165, 1.54) is 0 Å². The first-order valence-corrected chi connectivity index (χ1v) is 23.9. The fourth-order valence-electron chi connectivity index (χ4n) is 14.2. The Labute approximate surface area is 374 Å². The van der Waals surface area contributed by atoms with Gasteiger partial charge in [-0.15, -0.1) is 0 Å². The minimum Gasteiger partial charge on any atom is -0.394 e. The summed E-state index contributed by atoms with van der Waals surface area (Å²) in [6.07, 6.45) is -13.7. The summed E-state index contributed by atoms with van der Waals surface area (Å²) in [5.41, 5.74) is 0.0475. The van der Waals surface area contributed by atoms with Crippen LogP contribution in [0.1, 0.15) is 91.9 Å². The maximum atomic E-state index is 12.1. The van der Waals surface area contributed by atoms with Gasteiger partial charge in [-0.3, -0.25) is 0 Å². The lowest BCUT2D eigenvalue weighted by Crippen LogP contribution is -2.65. The molecule has 0 amide bonds. The van der Waals surface area contributed by atoms with Crippen molar-refractivity contribution in [3.05, 3.63) is 0 Å². The van der Waals surface area contributed by atoms with Gasteiger partial charge in [0.2, 0.25) is 0 Å². The number of fused-ring (bicyclic) bond motifs is 7. The summed E-state index contributed by atoms with van der Waals surface area (Å²) in [5, 5.41) is 125. The molecule has 0 spiro atoms. The molecular formula is C45H76O19. The summed E-state index contributed by atoms with van der Waals surface area (Å²) in [6.45, 7) is 7.28. The van der Waals surface area contributed by atoms with Crippen LogP contribution in [0.25, 0.3) is 0 Å². The molecule has 0 bridgehead atoms. The van der Waals surface area contributed by atoms with E-state index in [1.54, 1.807) is 0 Å². The van der Waals surface area contributed by atoms with Crippen LogP contribution in [0.3, 0.4) is 0 Å². The van der Waals surface area contributed by atoms with E-state index >= 15 is 0 Å². The molecule has 27 atom stereocenters. The maximum absolute atomic E-state index is 12.1. The summed E-state index contributed by atoms with van der Waals surface area (Å²) in [5.74, 6) is 0.532. The SMILES string of the molecule is C[C@@H](CC[C@]1(O)O[C@H]2C[C@H]3[C@@H]4CC[C@@H]5C[C@@H](O[C@@H]6O[C@H](CO)[C@H](O)[C@H](O)[C@H]6O[C@@H]6O[C@H](CO)[C@@H](O)[C@H](O)[C@H]6O)CC[C@]5(C)[C@H]4CC[C@]3(C)[C@H]2[C@@H]1C)CO[C@H]1O[C@H](CO)[C@@H](O)[C@H](O)[C@H]1O. The van der Waals surface area contributed by atoms with Crippen LogP contribution in [-0.2, 0) is 33.2 Å². The molecule has 64 heavy (non-hydrogen) atoms. The lowest BCUT2D eigenvalue weighted by atomic mass is 9.44. The molecular weight excluding hydrogens is 844 g/mol. The lowest BCUT2D eigenvalue weighted by Gasteiger charge is -2.61.